The van der Waals surface area contributed by atoms with Crippen LogP contribution < -0.4 is 5.32 Å². The number of anilines is 1. The predicted octanol–water partition coefficient (Wildman–Crippen LogP) is 6.24. The first-order chi connectivity index (χ1) is 21.3. The van der Waals surface area contributed by atoms with Crippen molar-refractivity contribution in [3.63, 3.8) is 0 Å². The molecule has 0 spiro atoms. The molecule has 11 heteroatoms. The maximum Gasteiger partial charge on any atom is 0.257 e. The van der Waals surface area contributed by atoms with Crippen molar-refractivity contribution in [3.8, 4) is 11.1 Å². The van der Waals surface area contributed by atoms with E-state index < -0.39 is 18.4 Å². The van der Waals surface area contributed by atoms with Gasteiger partial charge in [-0.3, -0.25) is 14.8 Å². The number of likely N-dealkylation sites (tertiary alicyclic amines) is 1. The molecule has 5 aromatic rings. The van der Waals surface area contributed by atoms with E-state index in [0.29, 0.717) is 23.1 Å². The molecule has 0 aliphatic carbocycles. The van der Waals surface area contributed by atoms with E-state index >= 15 is 4.39 Å². The zero-order valence-electron chi connectivity index (χ0n) is 25.0. The average molecular weight is 616 g/mol. The third-order valence-corrected chi connectivity index (χ3v) is 9.91. The Kier molecular flexibility index (Phi) is 7.54. The average Bonchev–Trinajstić information content (AvgIpc) is 3.82. The number of rotatable bonds is 7. The molecule has 3 aromatic heterocycles. The number of amides is 1. The van der Waals surface area contributed by atoms with Gasteiger partial charge in [0.05, 0.1) is 24.1 Å². The van der Waals surface area contributed by atoms with Gasteiger partial charge in [0, 0.05) is 47.7 Å². The highest BCUT2D eigenvalue weighted by molar-refractivity contribution is 7.13. The summed E-state index contributed by atoms with van der Waals surface area (Å²) < 4.78 is 32.8. The Morgan fingerprint density at radius 3 is 2.70 bits per heavy atom. The monoisotopic (exact) mass is 615 g/mol. The highest BCUT2D eigenvalue weighted by atomic mass is 32.1. The number of fused-ring (bicyclic) bond motifs is 2. The van der Waals surface area contributed by atoms with Gasteiger partial charge in [0.2, 0.25) is 0 Å². The van der Waals surface area contributed by atoms with Crippen molar-refractivity contribution in [1.29, 1.82) is 0 Å². The number of thiazole rings is 1. The second-order valence-electron chi connectivity index (χ2n) is 11.9. The van der Waals surface area contributed by atoms with Crippen LogP contribution in [0.25, 0.3) is 22.0 Å². The molecule has 4 atom stereocenters. The summed E-state index contributed by atoms with van der Waals surface area (Å²) in [4.78, 5) is 24.7. The van der Waals surface area contributed by atoms with Gasteiger partial charge >= 0.3 is 0 Å². The van der Waals surface area contributed by atoms with Gasteiger partial charge < -0.3 is 9.47 Å². The minimum Gasteiger partial charge on any atom is -0.331 e. The molecule has 7 rings (SSSR count). The number of aromatic nitrogens is 5. The van der Waals surface area contributed by atoms with E-state index in [4.69, 9.17) is 5.10 Å². The number of hydrogen-bond acceptors (Lipinski definition) is 6. The number of halogens is 2. The van der Waals surface area contributed by atoms with Crippen molar-refractivity contribution in [2.24, 2.45) is 0 Å². The SMILES string of the molecule is CCN1CC[C@@H](c2ccc(-c3cc(C)c4cn(C(C(=O)Nc5nccs5)c5ncn6c5CC(F)C6)nc4c3C)cc2)[C@H](F)C1. The summed E-state index contributed by atoms with van der Waals surface area (Å²) in [5, 5.41) is 11.1. The third-order valence-electron chi connectivity index (χ3n) is 9.22. The van der Waals surface area contributed by atoms with E-state index in [1.807, 2.05) is 20.0 Å². The van der Waals surface area contributed by atoms with Crippen LogP contribution >= 0.6 is 11.3 Å². The first-order valence-corrected chi connectivity index (χ1v) is 16.0. The molecule has 0 saturated carbocycles. The van der Waals surface area contributed by atoms with E-state index in [1.54, 1.807) is 27.2 Å². The molecule has 1 amide bonds. The molecule has 2 aliphatic rings. The summed E-state index contributed by atoms with van der Waals surface area (Å²) >= 11 is 1.33. The fraction of sp³-hybridized carbons (Fsp3) is 0.394. The molecular formula is C33H35F2N7OS. The number of alkyl halides is 2. The zero-order chi connectivity index (χ0) is 30.5. The predicted molar refractivity (Wildman–Crippen MR) is 169 cm³/mol. The van der Waals surface area contributed by atoms with Gasteiger partial charge in [0.15, 0.2) is 11.2 Å². The smallest absolute Gasteiger partial charge is 0.257 e. The topological polar surface area (TPSA) is 80.9 Å². The molecule has 5 heterocycles. The zero-order valence-corrected chi connectivity index (χ0v) is 25.8. The van der Waals surface area contributed by atoms with Gasteiger partial charge in [-0.25, -0.2) is 18.7 Å². The summed E-state index contributed by atoms with van der Waals surface area (Å²) in [6.07, 6.45) is 4.26. The molecule has 0 bridgehead atoms. The minimum absolute atomic E-state index is 0.0857. The molecule has 44 heavy (non-hydrogen) atoms. The molecule has 228 valence electrons. The van der Waals surface area contributed by atoms with Crippen LogP contribution in [0.1, 0.15) is 53.4 Å². The van der Waals surface area contributed by atoms with Crippen LogP contribution in [0, 0.1) is 13.8 Å². The summed E-state index contributed by atoms with van der Waals surface area (Å²) in [6, 6.07) is 9.51. The summed E-state index contributed by atoms with van der Waals surface area (Å²) in [6.45, 7) is 8.66. The number of benzene rings is 2. The lowest BCUT2D eigenvalue weighted by atomic mass is 9.86. The van der Waals surface area contributed by atoms with Gasteiger partial charge in [-0.15, -0.1) is 11.3 Å². The van der Waals surface area contributed by atoms with Gasteiger partial charge in [0.25, 0.3) is 5.91 Å². The van der Waals surface area contributed by atoms with Crippen molar-refractivity contribution < 1.29 is 13.6 Å². The Morgan fingerprint density at radius 1 is 1.16 bits per heavy atom. The maximum absolute atomic E-state index is 15.0. The largest absolute Gasteiger partial charge is 0.331 e. The fourth-order valence-corrected chi connectivity index (χ4v) is 7.34. The summed E-state index contributed by atoms with van der Waals surface area (Å²) in [7, 11) is 0. The molecule has 1 N–H and O–H groups in total. The Labute approximate surface area is 258 Å². The third kappa shape index (κ3) is 5.11. The normalized spacial score (nSPS) is 21.1. The standard InChI is InChI=1S/C33H35F2N7OS/c1-4-40-11-9-24(27(35)17-40)21-5-7-22(8-6-21)25-13-19(2)26-16-42(39-29(26)20(25)3)31(32(43)38-33-36-10-12-44-33)30-28-14-23(34)15-41(28)18-37-30/h5-8,10,12-13,16,18,23-24,27,31H,4,9,11,14-15,17H2,1-3H3,(H,36,38,43)/t23?,24-,27+,31?/m0/s1. The number of carbonyl (C=O) groups is 1. The van der Waals surface area contributed by atoms with Crippen LogP contribution in [0.2, 0.25) is 0 Å². The minimum atomic E-state index is -1.01. The molecule has 0 radical (unpaired) electrons. The number of carbonyl (C=O) groups excluding carboxylic acids is 1. The first kappa shape index (κ1) is 28.8. The highest BCUT2D eigenvalue weighted by Gasteiger charge is 2.35. The second kappa shape index (κ2) is 11.5. The lowest BCUT2D eigenvalue weighted by molar-refractivity contribution is -0.118. The van der Waals surface area contributed by atoms with E-state index in [0.717, 1.165) is 58.2 Å². The molecule has 1 saturated heterocycles. The number of hydrogen-bond donors (Lipinski definition) is 1. The Morgan fingerprint density at radius 2 is 1.98 bits per heavy atom. The molecular weight excluding hydrogens is 580 g/mol. The van der Waals surface area contributed by atoms with E-state index in [2.05, 4.69) is 57.4 Å². The maximum atomic E-state index is 15.0. The van der Waals surface area contributed by atoms with Crippen LogP contribution in [0.3, 0.4) is 0 Å². The number of imidazole rings is 1. The van der Waals surface area contributed by atoms with Crippen molar-refractivity contribution in [2.75, 3.05) is 25.0 Å². The van der Waals surface area contributed by atoms with E-state index in [9.17, 15) is 9.18 Å². The van der Waals surface area contributed by atoms with Crippen LogP contribution in [0.5, 0.6) is 0 Å². The molecule has 2 aliphatic heterocycles. The summed E-state index contributed by atoms with van der Waals surface area (Å²) in [5.74, 6) is -0.420. The Bertz CT molecular complexity index is 1810. The highest BCUT2D eigenvalue weighted by Crippen LogP contribution is 2.36. The van der Waals surface area contributed by atoms with Crippen LogP contribution in [-0.4, -0.2) is 67.1 Å². The lowest BCUT2D eigenvalue weighted by Crippen LogP contribution is -2.40. The van der Waals surface area contributed by atoms with Crippen molar-refractivity contribution in [1.82, 2.24) is 29.2 Å². The molecule has 8 nitrogen and oxygen atoms in total. The quantitative estimate of drug-likeness (QED) is 0.234. The molecule has 1 fully saturated rings. The van der Waals surface area contributed by atoms with Gasteiger partial charge in [-0.1, -0.05) is 37.3 Å². The Hall–Kier alpha value is -3.96. The van der Waals surface area contributed by atoms with Gasteiger partial charge in [-0.05, 0) is 61.2 Å². The number of piperidine rings is 1. The number of nitrogens with one attached hydrogen (secondary N) is 1. The van der Waals surface area contributed by atoms with Crippen molar-refractivity contribution in [3.05, 3.63) is 82.5 Å². The van der Waals surface area contributed by atoms with Crippen LogP contribution in [-0.2, 0) is 17.8 Å². The van der Waals surface area contributed by atoms with Crippen LogP contribution in [0.4, 0.5) is 13.9 Å². The lowest BCUT2D eigenvalue weighted by Gasteiger charge is -2.34. The van der Waals surface area contributed by atoms with Crippen molar-refractivity contribution in [2.45, 2.75) is 64.5 Å². The van der Waals surface area contributed by atoms with Gasteiger partial charge in [0.1, 0.15) is 12.3 Å². The fourth-order valence-electron chi connectivity index (χ4n) is 6.81. The van der Waals surface area contributed by atoms with Crippen LogP contribution in [0.15, 0.2) is 54.4 Å². The molecule has 2 unspecified atom stereocenters. The number of aryl methyl sites for hydroxylation is 2. The summed E-state index contributed by atoms with van der Waals surface area (Å²) in [5.41, 5.74) is 7.09. The van der Waals surface area contributed by atoms with E-state index in [1.165, 1.54) is 11.3 Å². The molecule has 2 aromatic carbocycles. The van der Waals surface area contributed by atoms with E-state index in [-0.39, 0.29) is 24.8 Å². The first-order valence-electron chi connectivity index (χ1n) is 15.1. The number of nitrogens with zero attached hydrogens (tertiary/aromatic N) is 6. The second-order valence-corrected chi connectivity index (χ2v) is 12.8. The van der Waals surface area contributed by atoms with Crippen molar-refractivity contribution >= 4 is 33.3 Å². The van der Waals surface area contributed by atoms with Gasteiger partial charge in [-0.2, -0.15) is 5.10 Å². The Balaban J connectivity index is 1.24.